The highest BCUT2D eigenvalue weighted by Gasteiger charge is 2.28. The predicted octanol–water partition coefficient (Wildman–Crippen LogP) is 1.47. The fourth-order valence-corrected chi connectivity index (χ4v) is 3.32. The molecule has 4 nitrogen and oxygen atoms in total. The van der Waals surface area contributed by atoms with Crippen molar-refractivity contribution in [2.75, 3.05) is 39.3 Å². The van der Waals surface area contributed by atoms with Crippen LogP contribution < -0.4 is 5.32 Å². The van der Waals surface area contributed by atoms with Gasteiger partial charge in [0.05, 0.1) is 5.92 Å². The summed E-state index contributed by atoms with van der Waals surface area (Å²) in [5.74, 6) is 0.291. The number of hydrogen-bond donors (Lipinski definition) is 1. The van der Waals surface area contributed by atoms with Crippen LogP contribution in [0.4, 0.5) is 4.39 Å². The number of hydrogen-bond acceptors (Lipinski definition) is 3. The van der Waals surface area contributed by atoms with Gasteiger partial charge < -0.3 is 10.2 Å². The lowest BCUT2D eigenvalue weighted by molar-refractivity contribution is -0.134. The van der Waals surface area contributed by atoms with E-state index in [0.29, 0.717) is 5.91 Å². The summed E-state index contributed by atoms with van der Waals surface area (Å²) in [7, 11) is 0. The normalized spacial score (nSPS) is 23.5. The zero-order valence-electron chi connectivity index (χ0n) is 12.9. The Hall–Kier alpha value is -1.46. The first-order valence-electron chi connectivity index (χ1n) is 8.19. The summed E-state index contributed by atoms with van der Waals surface area (Å²) in [5, 5.41) is 3.27. The molecule has 1 aromatic carbocycles. The van der Waals surface area contributed by atoms with Crippen LogP contribution in [0.5, 0.6) is 0 Å². The molecule has 22 heavy (non-hydrogen) atoms. The Morgan fingerprint density at radius 2 is 2.00 bits per heavy atom. The Balaban J connectivity index is 1.53. The van der Waals surface area contributed by atoms with Crippen molar-refractivity contribution in [1.82, 2.24) is 15.1 Å². The average molecular weight is 305 g/mol. The van der Waals surface area contributed by atoms with Crippen LogP contribution in [0.2, 0.25) is 0 Å². The molecule has 2 fully saturated rings. The summed E-state index contributed by atoms with van der Waals surface area (Å²) < 4.78 is 13.0. The minimum absolute atomic E-state index is 0.170. The van der Waals surface area contributed by atoms with Gasteiger partial charge in [0.25, 0.3) is 0 Å². The van der Waals surface area contributed by atoms with Crippen molar-refractivity contribution < 1.29 is 9.18 Å². The van der Waals surface area contributed by atoms with Crippen LogP contribution in [0.25, 0.3) is 0 Å². The molecule has 0 saturated carbocycles. The molecule has 1 unspecified atom stereocenters. The molecule has 0 aliphatic carbocycles. The van der Waals surface area contributed by atoms with Gasteiger partial charge in [-0.05, 0) is 37.1 Å². The maximum atomic E-state index is 13.0. The van der Waals surface area contributed by atoms with Gasteiger partial charge in [-0.2, -0.15) is 0 Å². The van der Waals surface area contributed by atoms with Gasteiger partial charge in [-0.3, -0.25) is 9.69 Å². The van der Waals surface area contributed by atoms with E-state index >= 15 is 0 Å². The lowest BCUT2D eigenvalue weighted by Crippen LogP contribution is -2.39. The molecule has 2 heterocycles. The van der Waals surface area contributed by atoms with Gasteiger partial charge in [0.1, 0.15) is 5.82 Å². The minimum Gasteiger partial charge on any atom is -0.341 e. The molecule has 2 saturated heterocycles. The zero-order valence-corrected chi connectivity index (χ0v) is 12.9. The summed E-state index contributed by atoms with van der Waals surface area (Å²) in [4.78, 5) is 16.9. The molecule has 5 heteroatoms. The lowest BCUT2D eigenvalue weighted by atomic mass is 10.1. The highest BCUT2D eigenvalue weighted by atomic mass is 19.1. The number of carbonyl (C=O) groups excluding carboxylic acids is 1. The highest BCUT2D eigenvalue weighted by Crippen LogP contribution is 2.15. The maximum Gasteiger partial charge on any atom is 0.227 e. The third-order valence-corrected chi connectivity index (χ3v) is 4.63. The summed E-state index contributed by atoms with van der Waals surface area (Å²) in [5.41, 5.74) is 1.13. The molecule has 1 atom stereocenters. The average Bonchev–Trinajstić information content (AvgIpc) is 2.96. The summed E-state index contributed by atoms with van der Waals surface area (Å²) in [6, 6.07) is 6.70. The van der Waals surface area contributed by atoms with Crippen molar-refractivity contribution in [3.8, 4) is 0 Å². The third-order valence-electron chi connectivity index (χ3n) is 4.63. The first-order chi connectivity index (χ1) is 10.7. The van der Waals surface area contributed by atoms with Gasteiger partial charge >= 0.3 is 0 Å². The van der Waals surface area contributed by atoms with Crippen molar-refractivity contribution in [2.45, 2.75) is 19.4 Å². The summed E-state index contributed by atoms with van der Waals surface area (Å²) >= 11 is 0. The van der Waals surface area contributed by atoms with E-state index in [2.05, 4.69) is 10.2 Å². The lowest BCUT2D eigenvalue weighted by Gasteiger charge is -2.24. The van der Waals surface area contributed by atoms with Crippen LogP contribution in [0, 0.1) is 11.7 Å². The fraction of sp³-hybridized carbons (Fsp3) is 0.588. The molecule has 3 rings (SSSR count). The van der Waals surface area contributed by atoms with Crippen LogP contribution in [-0.4, -0.2) is 55.0 Å². The second kappa shape index (κ2) is 7.20. The maximum absolute atomic E-state index is 13.0. The molecule has 2 aliphatic heterocycles. The molecule has 0 spiro atoms. The topological polar surface area (TPSA) is 35.6 Å². The highest BCUT2D eigenvalue weighted by molar-refractivity contribution is 5.79. The molecular formula is C17H24FN3O. The van der Waals surface area contributed by atoms with Crippen molar-refractivity contribution in [3.05, 3.63) is 35.6 Å². The second-order valence-electron chi connectivity index (χ2n) is 6.27. The van der Waals surface area contributed by atoms with E-state index in [1.54, 1.807) is 0 Å². The van der Waals surface area contributed by atoms with Crippen molar-refractivity contribution in [2.24, 2.45) is 5.92 Å². The Labute approximate surface area is 131 Å². The standard InChI is InChI=1S/C17H24FN3O/c18-16-4-2-14(3-5-16)13-20-8-1-9-21(11-10-20)17(22)15-6-7-19-12-15/h2-5,15,19H,1,6-13H2. The van der Waals surface area contributed by atoms with E-state index in [0.717, 1.165) is 64.2 Å². The van der Waals surface area contributed by atoms with Crippen LogP contribution in [0.15, 0.2) is 24.3 Å². The summed E-state index contributed by atoms with van der Waals surface area (Å²) in [6.45, 7) is 6.15. The van der Waals surface area contributed by atoms with Crippen LogP contribution in [-0.2, 0) is 11.3 Å². The molecule has 120 valence electrons. The largest absolute Gasteiger partial charge is 0.341 e. The zero-order chi connectivity index (χ0) is 15.4. The van der Waals surface area contributed by atoms with E-state index < -0.39 is 0 Å². The van der Waals surface area contributed by atoms with Crippen LogP contribution in [0.1, 0.15) is 18.4 Å². The molecule has 2 aliphatic rings. The van der Waals surface area contributed by atoms with E-state index in [9.17, 15) is 9.18 Å². The van der Waals surface area contributed by atoms with E-state index in [1.807, 2.05) is 17.0 Å². The number of nitrogens with zero attached hydrogens (tertiary/aromatic N) is 2. The number of carbonyl (C=O) groups is 1. The van der Waals surface area contributed by atoms with Gasteiger partial charge in [-0.1, -0.05) is 12.1 Å². The first kappa shape index (κ1) is 15.4. The van der Waals surface area contributed by atoms with E-state index in [4.69, 9.17) is 0 Å². The van der Waals surface area contributed by atoms with Gasteiger partial charge in [0.15, 0.2) is 0 Å². The molecular weight excluding hydrogens is 281 g/mol. The Kier molecular flexibility index (Phi) is 5.05. The SMILES string of the molecule is O=C(C1CCNC1)N1CCCN(Cc2ccc(F)cc2)CC1. The number of rotatable bonds is 3. The Bertz CT molecular complexity index is 499. The quantitative estimate of drug-likeness (QED) is 0.918. The van der Waals surface area contributed by atoms with Crippen LogP contribution >= 0.6 is 0 Å². The van der Waals surface area contributed by atoms with Gasteiger partial charge in [0.2, 0.25) is 5.91 Å². The van der Waals surface area contributed by atoms with E-state index in [-0.39, 0.29) is 11.7 Å². The minimum atomic E-state index is -0.193. The number of amides is 1. The molecule has 0 aromatic heterocycles. The number of halogens is 1. The molecule has 1 amide bonds. The second-order valence-corrected chi connectivity index (χ2v) is 6.27. The molecule has 0 bridgehead atoms. The molecule has 1 N–H and O–H groups in total. The van der Waals surface area contributed by atoms with Crippen molar-refractivity contribution in [3.63, 3.8) is 0 Å². The monoisotopic (exact) mass is 305 g/mol. The fourth-order valence-electron chi connectivity index (χ4n) is 3.32. The van der Waals surface area contributed by atoms with Gasteiger partial charge in [0, 0.05) is 39.3 Å². The van der Waals surface area contributed by atoms with Gasteiger partial charge in [-0.25, -0.2) is 4.39 Å². The predicted molar refractivity (Wildman–Crippen MR) is 83.9 cm³/mol. The van der Waals surface area contributed by atoms with Gasteiger partial charge in [-0.15, -0.1) is 0 Å². The molecule has 1 aromatic rings. The number of benzene rings is 1. The Morgan fingerprint density at radius 3 is 2.73 bits per heavy atom. The van der Waals surface area contributed by atoms with Crippen molar-refractivity contribution >= 4 is 5.91 Å². The van der Waals surface area contributed by atoms with Crippen molar-refractivity contribution in [1.29, 1.82) is 0 Å². The van der Waals surface area contributed by atoms with E-state index in [1.165, 1.54) is 12.1 Å². The smallest absolute Gasteiger partial charge is 0.227 e. The molecule has 0 radical (unpaired) electrons. The summed E-state index contributed by atoms with van der Waals surface area (Å²) in [6.07, 6.45) is 1.97. The number of nitrogens with one attached hydrogen (secondary N) is 1. The Morgan fingerprint density at radius 1 is 1.18 bits per heavy atom. The third kappa shape index (κ3) is 3.84. The first-order valence-corrected chi connectivity index (χ1v) is 8.19. The van der Waals surface area contributed by atoms with Crippen LogP contribution in [0.3, 0.4) is 0 Å².